The zero-order valence-electron chi connectivity index (χ0n) is 17.2. The van der Waals surface area contributed by atoms with Gasteiger partial charge in [0.2, 0.25) is 0 Å². The highest BCUT2D eigenvalue weighted by Crippen LogP contribution is 2.21. The first-order valence-corrected chi connectivity index (χ1v) is 10.4. The monoisotopic (exact) mass is 376 g/mol. The first kappa shape index (κ1) is 20.1. The lowest BCUT2D eigenvalue weighted by Crippen LogP contribution is -2.41. The first-order valence-electron chi connectivity index (χ1n) is 10.4. The van der Waals surface area contributed by atoms with Gasteiger partial charge in [-0.1, -0.05) is 6.92 Å². The zero-order chi connectivity index (χ0) is 19.1. The van der Waals surface area contributed by atoms with Gasteiger partial charge in [0.1, 0.15) is 0 Å². The van der Waals surface area contributed by atoms with Crippen molar-refractivity contribution in [3.63, 3.8) is 0 Å². The molecule has 0 spiro atoms. The van der Waals surface area contributed by atoms with Crippen LogP contribution in [0.5, 0.6) is 0 Å². The Morgan fingerprint density at radius 1 is 1.37 bits per heavy atom. The van der Waals surface area contributed by atoms with E-state index in [1.807, 2.05) is 17.9 Å². The Labute approximate surface area is 163 Å². The van der Waals surface area contributed by atoms with Gasteiger partial charge in [-0.2, -0.15) is 5.10 Å². The van der Waals surface area contributed by atoms with E-state index in [0.29, 0.717) is 11.8 Å². The average molecular weight is 377 g/mol. The van der Waals surface area contributed by atoms with Crippen molar-refractivity contribution in [1.29, 1.82) is 0 Å². The van der Waals surface area contributed by atoms with Crippen LogP contribution in [0.25, 0.3) is 0 Å². The van der Waals surface area contributed by atoms with Crippen molar-refractivity contribution in [2.24, 2.45) is 23.9 Å². The van der Waals surface area contributed by atoms with Gasteiger partial charge in [0.25, 0.3) is 0 Å². The third-order valence-corrected chi connectivity index (χ3v) is 5.43. The fourth-order valence-corrected chi connectivity index (χ4v) is 4.05. The Hall–Kier alpha value is -1.60. The molecule has 2 unspecified atom stereocenters. The van der Waals surface area contributed by atoms with E-state index >= 15 is 0 Å². The van der Waals surface area contributed by atoms with Crippen LogP contribution in [0.1, 0.15) is 25.8 Å². The van der Waals surface area contributed by atoms with Gasteiger partial charge in [0.05, 0.1) is 19.4 Å². The number of aryl methyl sites for hydroxylation is 1. The quantitative estimate of drug-likeness (QED) is 0.573. The summed E-state index contributed by atoms with van der Waals surface area (Å²) >= 11 is 0. The molecule has 7 heteroatoms. The third-order valence-electron chi connectivity index (χ3n) is 5.43. The Balaban J connectivity index is 1.49. The molecule has 2 saturated heterocycles. The van der Waals surface area contributed by atoms with E-state index in [2.05, 4.69) is 40.3 Å². The van der Waals surface area contributed by atoms with Crippen LogP contribution in [0.2, 0.25) is 0 Å². The van der Waals surface area contributed by atoms with E-state index in [1.165, 1.54) is 12.0 Å². The number of guanidine groups is 1. The van der Waals surface area contributed by atoms with Gasteiger partial charge in [0, 0.05) is 59.1 Å². The lowest BCUT2D eigenvalue weighted by atomic mass is 10.0. The Morgan fingerprint density at radius 3 is 2.89 bits per heavy atom. The number of nitrogens with one attached hydrogen (secondary N) is 1. The van der Waals surface area contributed by atoms with E-state index in [-0.39, 0.29) is 0 Å². The number of ether oxygens (including phenoxy) is 1. The maximum absolute atomic E-state index is 5.44. The fraction of sp³-hybridized carbons (Fsp3) is 0.800. The predicted octanol–water partition coefficient (Wildman–Crippen LogP) is 1.22. The minimum Gasteiger partial charge on any atom is -0.379 e. The summed E-state index contributed by atoms with van der Waals surface area (Å²) in [5.41, 5.74) is 1.34. The van der Waals surface area contributed by atoms with Crippen LogP contribution < -0.4 is 5.32 Å². The van der Waals surface area contributed by atoms with Crippen LogP contribution in [0.3, 0.4) is 0 Å². The second-order valence-electron chi connectivity index (χ2n) is 8.04. The van der Waals surface area contributed by atoms with Gasteiger partial charge in [-0.3, -0.25) is 14.6 Å². The highest BCUT2D eigenvalue weighted by atomic mass is 16.5. The molecule has 0 bridgehead atoms. The van der Waals surface area contributed by atoms with Gasteiger partial charge in [-0.25, -0.2) is 0 Å². The number of aliphatic imine (C=N–C) groups is 1. The standard InChI is InChI=1S/C20H36N6O/c1-4-21-20(22-12-17(2)14-25-7-9-27-10-8-25)26-6-5-18(16-26)11-19-13-23-24(3)15-19/h13,15,17-18H,4-12,14,16H2,1-3H3,(H,21,22). The number of rotatable bonds is 7. The van der Waals surface area contributed by atoms with E-state index in [0.717, 1.165) is 71.4 Å². The predicted molar refractivity (Wildman–Crippen MR) is 109 cm³/mol. The Morgan fingerprint density at radius 2 is 2.19 bits per heavy atom. The smallest absolute Gasteiger partial charge is 0.193 e. The van der Waals surface area contributed by atoms with Gasteiger partial charge >= 0.3 is 0 Å². The number of hydrogen-bond acceptors (Lipinski definition) is 4. The Kier molecular flexibility index (Phi) is 7.52. The lowest BCUT2D eigenvalue weighted by molar-refractivity contribution is 0.0323. The lowest BCUT2D eigenvalue weighted by Gasteiger charge is -2.29. The molecule has 3 rings (SSSR count). The van der Waals surface area contributed by atoms with Crippen molar-refractivity contribution >= 4 is 5.96 Å². The summed E-state index contributed by atoms with van der Waals surface area (Å²) in [5.74, 6) is 2.33. The number of nitrogens with zero attached hydrogens (tertiary/aromatic N) is 5. The molecular formula is C20H36N6O. The molecule has 0 saturated carbocycles. The molecule has 0 aliphatic carbocycles. The molecule has 1 N–H and O–H groups in total. The summed E-state index contributed by atoms with van der Waals surface area (Å²) in [4.78, 5) is 9.90. The molecule has 152 valence electrons. The maximum atomic E-state index is 5.44. The Bertz CT molecular complexity index is 595. The number of morpholine rings is 1. The van der Waals surface area contributed by atoms with Gasteiger partial charge in [0.15, 0.2) is 5.96 Å². The summed E-state index contributed by atoms with van der Waals surface area (Å²) in [5, 5.41) is 7.79. The fourth-order valence-electron chi connectivity index (χ4n) is 4.05. The zero-order valence-corrected chi connectivity index (χ0v) is 17.2. The molecule has 27 heavy (non-hydrogen) atoms. The van der Waals surface area contributed by atoms with Crippen LogP contribution in [-0.4, -0.2) is 84.6 Å². The van der Waals surface area contributed by atoms with Gasteiger partial charge < -0.3 is 15.0 Å². The minimum atomic E-state index is 0.561. The summed E-state index contributed by atoms with van der Waals surface area (Å²) in [6.45, 7) is 13.4. The largest absolute Gasteiger partial charge is 0.379 e. The van der Waals surface area contributed by atoms with Crippen LogP contribution >= 0.6 is 0 Å². The SMILES string of the molecule is CCNC(=NCC(C)CN1CCOCC1)N1CCC(Cc2cnn(C)c2)C1. The molecule has 2 atom stereocenters. The minimum absolute atomic E-state index is 0.561. The number of aromatic nitrogens is 2. The topological polar surface area (TPSA) is 57.9 Å². The van der Waals surface area contributed by atoms with Crippen molar-refractivity contribution in [2.45, 2.75) is 26.7 Å². The normalized spacial score (nSPS) is 23.0. The summed E-state index contributed by atoms with van der Waals surface area (Å²) < 4.78 is 7.33. The van der Waals surface area contributed by atoms with E-state index < -0.39 is 0 Å². The molecule has 0 radical (unpaired) electrons. The van der Waals surface area contributed by atoms with Crippen LogP contribution in [0.4, 0.5) is 0 Å². The van der Waals surface area contributed by atoms with E-state index in [1.54, 1.807) is 0 Å². The van der Waals surface area contributed by atoms with Crippen molar-refractivity contribution in [3.05, 3.63) is 18.0 Å². The average Bonchev–Trinajstić information content (AvgIpc) is 3.29. The molecule has 3 heterocycles. The van der Waals surface area contributed by atoms with Crippen LogP contribution in [0.15, 0.2) is 17.4 Å². The van der Waals surface area contributed by atoms with Crippen molar-refractivity contribution in [3.8, 4) is 0 Å². The summed E-state index contributed by atoms with van der Waals surface area (Å²) in [7, 11) is 1.98. The van der Waals surface area contributed by atoms with E-state index in [4.69, 9.17) is 9.73 Å². The van der Waals surface area contributed by atoms with Crippen molar-refractivity contribution < 1.29 is 4.74 Å². The molecule has 2 aliphatic rings. The summed E-state index contributed by atoms with van der Waals surface area (Å²) in [6.07, 6.45) is 6.46. The van der Waals surface area contributed by atoms with Crippen molar-refractivity contribution in [1.82, 2.24) is 24.9 Å². The molecule has 0 amide bonds. The van der Waals surface area contributed by atoms with Crippen molar-refractivity contribution in [2.75, 3.05) is 59.0 Å². The van der Waals surface area contributed by atoms with Gasteiger partial charge in [-0.05, 0) is 37.2 Å². The summed E-state index contributed by atoms with van der Waals surface area (Å²) in [6, 6.07) is 0. The molecule has 1 aromatic heterocycles. The molecule has 0 aromatic carbocycles. The second kappa shape index (κ2) is 10.1. The highest BCUT2D eigenvalue weighted by Gasteiger charge is 2.25. The maximum Gasteiger partial charge on any atom is 0.193 e. The highest BCUT2D eigenvalue weighted by molar-refractivity contribution is 5.80. The van der Waals surface area contributed by atoms with Gasteiger partial charge in [-0.15, -0.1) is 0 Å². The molecule has 7 nitrogen and oxygen atoms in total. The van der Waals surface area contributed by atoms with E-state index in [9.17, 15) is 0 Å². The number of likely N-dealkylation sites (tertiary alicyclic amines) is 1. The van der Waals surface area contributed by atoms with Crippen LogP contribution in [0, 0.1) is 11.8 Å². The molecule has 2 fully saturated rings. The third kappa shape index (κ3) is 6.21. The molecule has 1 aromatic rings. The number of hydrogen-bond donors (Lipinski definition) is 1. The molecule has 2 aliphatic heterocycles. The molecular weight excluding hydrogens is 340 g/mol. The van der Waals surface area contributed by atoms with Crippen LogP contribution in [-0.2, 0) is 18.2 Å². The second-order valence-corrected chi connectivity index (χ2v) is 8.04. The first-order chi connectivity index (χ1) is 13.1.